The second-order valence-electron chi connectivity index (χ2n) is 2.46. The summed E-state index contributed by atoms with van der Waals surface area (Å²) in [5.41, 5.74) is 0. The number of hydrogen-bond acceptors (Lipinski definition) is 2. The van der Waals surface area contributed by atoms with Gasteiger partial charge < -0.3 is 4.74 Å². The summed E-state index contributed by atoms with van der Waals surface area (Å²) >= 11 is 0. The molecule has 0 heterocycles. The molecule has 0 amide bonds. The van der Waals surface area contributed by atoms with E-state index in [2.05, 4.69) is 5.92 Å². The van der Waals surface area contributed by atoms with Crippen LogP contribution in [0.1, 0.15) is 12.8 Å². The number of para-hydroxylation sites is 1. The van der Waals surface area contributed by atoms with Crippen LogP contribution >= 0.6 is 0 Å². The molecule has 0 spiro atoms. The van der Waals surface area contributed by atoms with Gasteiger partial charge in [-0.1, -0.05) is 24.1 Å². The minimum atomic E-state index is -0.328. The molecule has 1 radical (unpaired) electrons. The maximum Gasteiger partial charge on any atom is 0.312 e. The fourth-order valence-corrected chi connectivity index (χ4v) is 0.836. The van der Waals surface area contributed by atoms with E-state index in [4.69, 9.17) is 11.2 Å². The van der Waals surface area contributed by atoms with Crippen LogP contribution in [0, 0.1) is 12.3 Å². The van der Waals surface area contributed by atoms with E-state index in [1.54, 1.807) is 24.3 Å². The summed E-state index contributed by atoms with van der Waals surface area (Å²) in [5.74, 6) is 2.35. The third-order valence-corrected chi connectivity index (χ3v) is 1.43. The molecule has 0 aliphatic heterocycles. The molecule has 13 heavy (non-hydrogen) atoms. The standard InChI is InChI=1S/C11H9O2/c1-2-3-9-11(12)13-10-7-5-4-6-8-10/h4-8H,3,9H2. The van der Waals surface area contributed by atoms with Gasteiger partial charge in [0.25, 0.3) is 0 Å². The number of esters is 1. The van der Waals surface area contributed by atoms with Crippen LogP contribution in [0.5, 0.6) is 5.75 Å². The van der Waals surface area contributed by atoms with Gasteiger partial charge in [0.15, 0.2) is 0 Å². The van der Waals surface area contributed by atoms with Crippen LogP contribution in [0.4, 0.5) is 0 Å². The number of ether oxygens (including phenoxy) is 1. The highest BCUT2D eigenvalue weighted by Crippen LogP contribution is 2.09. The molecule has 1 aromatic carbocycles. The van der Waals surface area contributed by atoms with Crippen molar-refractivity contribution in [3.8, 4) is 11.7 Å². The van der Waals surface area contributed by atoms with Gasteiger partial charge in [-0.2, -0.15) is 0 Å². The first-order valence-corrected chi connectivity index (χ1v) is 3.98. The maximum atomic E-state index is 11.0. The number of hydrogen-bond donors (Lipinski definition) is 0. The molecule has 0 aromatic heterocycles. The molecule has 0 fully saturated rings. The van der Waals surface area contributed by atoms with Crippen molar-refractivity contribution < 1.29 is 9.53 Å². The molecule has 0 unspecified atom stereocenters. The van der Waals surface area contributed by atoms with Crippen molar-refractivity contribution in [1.29, 1.82) is 0 Å². The van der Waals surface area contributed by atoms with Crippen molar-refractivity contribution in [2.24, 2.45) is 0 Å². The smallest absolute Gasteiger partial charge is 0.312 e. The Bertz CT molecular complexity index is 309. The van der Waals surface area contributed by atoms with Gasteiger partial charge >= 0.3 is 5.97 Å². The van der Waals surface area contributed by atoms with E-state index in [0.717, 1.165) is 0 Å². The summed E-state index contributed by atoms with van der Waals surface area (Å²) in [6.07, 6.45) is 7.14. The number of benzene rings is 1. The summed E-state index contributed by atoms with van der Waals surface area (Å²) in [7, 11) is 0. The molecule has 2 heteroatoms. The van der Waals surface area contributed by atoms with Gasteiger partial charge in [0.2, 0.25) is 0 Å². The Balaban J connectivity index is 2.42. The quantitative estimate of drug-likeness (QED) is 0.397. The molecular weight excluding hydrogens is 164 g/mol. The Morgan fingerprint density at radius 1 is 1.38 bits per heavy atom. The monoisotopic (exact) mass is 173 g/mol. The van der Waals surface area contributed by atoms with Crippen LogP contribution < -0.4 is 4.74 Å². The molecule has 0 aliphatic rings. The first kappa shape index (κ1) is 9.34. The van der Waals surface area contributed by atoms with Gasteiger partial charge in [0.05, 0.1) is 6.42 Å². The van der Waals surface area contributed by atoms with Crippen LogP contribution in [-0.2, 0) is 4.79 Å². The Morgan fingerprint density at radius 3 is 2.69 bits per heavy atom. The highest BCUT2D eigenvalue weighted by molar-refractivity contribution is 5.72. The molecule has 2 nitrogen and oxygen atoms in total. The predicted molar refractivity (Wildman–Crippen MR) is 48.4 cm³/mol. The minimum Gasteiger partial charge on any atom is -0.427 e. The van der Waals surface area contributed by atoms with Gasteiger partial charge in [-0.05, 0) is 18.6 Å². The number of carbonyl (C=O) groups is 1. The SMILES string of the molecule is [C]#CCCC(=O)Oc1ccccc1. The van der Waals surface area contributed by atoms with Crippen LogP contribution in [0.25, 0.3) is 0 Å². The number of rotatable bonds is 3. The van der Waals surface area contributed by atoms with Crippen molar-refractivity contribution in [3.05, 3.63) is 36.8 Å². The van der Waals surface area contributed by atoms with E-state index in [9.17, 15) is 4.79 Å². The van der Waals surface area contributed by atoms with Crippen LogP contribution in [0.15, 0.2) is 30.3 Å². The molecule has 1 aromatic rings. The lowest BCUT2D eigenvalue weighted by atomic mass is 10.3. The summed E-state index contributed by atoms with van der Waals surface area (Å²) in [5, 5.41) is 0. The largest absolute Gasteiger partial charge is 0.427 e. The molecule has 0 bridgehead atoms. The van der Waals surface area contributed by atoms with Crippen molar-refractivity contribution >= 4 is 5.97 Å². The van der Waals surface area contributed by atoms with Gasteiger partial charge in [0.1, 0.15) is 5.75 Å². The highest BCUT2D eigenvalue weighted by Gasteiger charge is 2.01. The van der Waals surface area contributed by atoms with Crippen molar-refractivity contribution in [1.82, 2.24) is 0 Å². The zero-order valence-corrected chi connectivity index (χ0v) is 7.12. The molecule has 0 saturated carbocycles. The topological polar surface area (TPSA) is 26.3 Å². The molecular formula is C11H9O2. The van der Waals surface area contributed by atoms with Crippen molar-refractivity contribution in [2.45, 2.75) is 12.8 Å². The second-order valence-corrected chi connectivity index (χ2v) is 2.46. The Labute approximate surface area is 77.5 Å². The maximum absolute atomic E-state index is 11.0. The van der Waals surface area contributed by atoms with Crippen molar-refractivity contribution in [3.63, 3.8) is 0 Å². The second kappa shape index (κ2) is 5.00. The average Bonchev–Trinajstić information content (AvgIpc) is 2.16. The summed E-state index contributed by atoms with van der Waals surface area (Å²) in [6.45, 7) is 0. The number of carbonyl (C=O) groups excluding carboxylic acids is 1. The molecule has 65 valence electrons. The van der Waals surface area contributed by atoms with Gasteiger partial charge in [-0.15, -0.1) is 0 Å². The lowest BCUT2D eigenvalue weighted by molar-refractivity contribution is -0.134. The molecule has 0 N–H and O–H groups in total. The lowest BCUT2D eigenvalue weighted by Gasteiger charge is -2.01. The van der Waals surface area contributed by atoms with E-state index in [0.29, 0.717) is 12.2 Å². The van der Waals surface area contributed by atoms with E-state index in [-0.39, 0.29) is 12.4 Å². The summed E-state index contributed by atoms with van der Waals surface area (Å²) < 4.78 is 4.95. The Morgan fingerprint density at radius 2 is 2.08 bits per heavy atom. The van der Waals surface area contributed by atoms with E-state index >= 15 is 0 Å². The normalized spacial score (nSPS) is 8.85. The third-order valence-electron chi connectivity index (χ3n) is 1.43. The van der Waals surface area contributed by atoms with E-state index < -0.39 is 0 Å². The van der Waals surface area contributed by atoms with E-state index in [1.165, 1.54) is 0 Å². The minimum absolute atomic E-state index is 0.207. The van der Waals surface area contributed by atoms with E-state index in [1.807, 2.05) is 6.07 Å². The molecule has 0 aliphatic carbocycles. The predicted octanol–water partition coefficient (Wildman–Crippen LogP) is 1.96. The van der Waals surface area contributed by atoms with Gasteiger partial charge in [-0.25, -0.2) is 0 Å². The van der Waals surface area contributed by atoms with Crippen LogP contribution in [-0.4, -0.2) is 5.97 Å². The summed E-state index contributed by atoms with van der Waals surface area (Å²) in [6, 6.07) is 8.87. The first-order chi connectivity index (χ1) is 6.33. The molecule has 1 rings (SSSR count). The Kier molecular flexibility index (Phi) is 3.59. The van der Waals surface area contributed by atoms with Crippen LogP contribution in [0.3, 0.4) is 0 Å². The van der Waals surface area contributed by atoms with Crippen LogP contribution in [0.2, 0.25) is 0 Å². The van der Waals surface area contributed by atoms with Gasteiger partial charge in [-0.3, -0.25) is 4.79 Å². The first-order valence-electron chi connectivity index (χ1n) is 3.98. The summed E-state index contributed by atoms with van der Waals surface area (Å²) in [4.78, 5) is 11.0. The van der Waals surface area contributed by atoms with Gasteiger partial charge in [0, 0.05) is 6.42 Å². The average molecular weight is 173 g/mol. The third kappa shape index (κ3) is 3.44. The lowest BCUT2D eigenvalue weighted by Crippen LogP contribution is -2.06. The molecule has 0 saturated heterocycles. The van der Waals surface area contributed by atoms with Crippen molar-refractivity contribution in [2.75, 3.05) is 0 Å². The fraction of sp³-hybridized carbons (Fsp3) is 0.182. The molecule has 0 atom stereocenters. The zero-order valence-electron chi connectivity index (χ0n) is 7.12. The highest BCUT2D eigenvalue weighted by atomic mass is 16.5. The Hall–Kier alpha value is -1.75. The fourth-order valence-electron chi connectivity index (χ4n) is 0.836. The zero-order chi connectivity index (χ0) is 9.52.